The molecule has 0 aliphatic carbocycles. The number of methoxy groups -OCH3 is 1. The molecule has 1 rings (SSSR count). The van der Waals surface area contributed by atoms with Gasteiger partial charge in [-0.05, 0) is 17.7 Å². The third-order valence-electron chi connectivity index (χ3n) is 2.47. The van der Waals surface area contributed by atoms with Crippen LogP contribution >= 0.6 is 0 Å². The maximum absolute atomic E-state index is 11.6. The van der Waals surface area contributed by atoms with Gasteiger partial charge in [-0.2, -0.15) is 0 Å². The number of amides is 2. The first kappa shape index (κ1) is 14.1. The first-order chi connectivity index (χ1) is 8.58. The predicted octanol–water partition coefficient (Wildman–Crippen LogP) is -0.625. The molecule has 0 fully saturated rings. The quantitative estimate of drug-likeness (QED) is 0.626. The normalized spacial score (nSPS) is 11.9. The van der Waals surface area contributed by atoms with Gasteiger partial charge in [0.25, 0.3) is 5.91 Å². The molecule has 0 heterocycles. The Labute approximate surface area is 105 Å². The average Bonchev–Trinajstić information content (AvgIpc) is 2.38. The highest BCUT2D eigenvalue weighted by molar-refractivity contribution is 5.92. The summed E-state index contributed by atoms with van der Waals surface area (Å²) in [6, 6.07) is 6.74. The molecule has 0 radical (unpaired) electrons. The van der Waals surface area contributed by atoms with Gasteiger partial charge in [0.2, 0.25) is 5.91 Å². The third kappa shape index (κ3) is 3.83. The molecule has 6 heteroatoms. The molecular formula is C12H17N3O3. The molecule has 2 amide bonds. The van der Waals surface area contributed by atoms with Crippen LogP contribution in [0.15, 0.2) is 24.3 Å². The van der Waals surface area contributed by atoms with Gasteiger partial charge in [-0.25, -0.2) is 0 Å². The number of rotatable bonds is 6. The van der Waals surface area contributed by atoms with Crippen LogP contribution in [0.5, 0.6) is 0 Å². The van der Waals surface area contributed by atoms with Gasteiger partial charge in [-0.3, -0.25) is 9.59 Å². The van der Waals surface area contributed by atoms with Gasteiger partial charge in [-0.1, -0.05) is 12.1 Å². The number of hydrogen-bond acceptors (Lipinski definition) is 4. The summed E-state index contributed by atoms with van der Waals surface area (Å²) in [6.45, 7) is 0.406. The fourth-order valence-corrected chi connectivity index (χ4v) is 1.45. The molecule has 0 aromatic heterocycles. The molecule has 0 aliphatic heterocycles. The third-order valence-corrected chi connectivity index (χ3v) is 2.47. The number of nitrogens with one attached hydrogen (secondary N) is 1. The van der Waals surface area contributed by atoms with E-state index in [-0.39, 0.29) is 12.5 Å². The van der Waals surface area contributed by atoms with Crippen molar-refractivity contribution in [1.29, 1.82) is 0 Å². The summed E-state index contributed by atoms with van der Waals surface area (Å²) in [6.07, 6.45) is -0.663. The zero-order valence-electron chi connectivity index (χ0n) is 10.2. The van der Waals surface area contributed by atoms with Crippen LogP contribution in [0.1, 0.15) is 15.9 Å². The van der Waals surface area contributed by atoms with Gasteiger partial charge in [0.1, 0.15) is 6.10 Å². The molecule has 5 N–H and O–H groups in total. The zero-order chi connectivity index (χ0) is 13.5. The first-order valence-corrected chi connectivity index (χ1v) is 5.47. The van der Waals surface area contributed by atoms with Gasteiger partial charge in [0, 0.05) is 25.8 Å². The highest BCUT2D eigenvalue weighted by atomic mass is 16.5. The van der Waals surface area contributed by atoms with E-state index in [1.165, 1.54) is 7.11 Å². The first-order valence-electron chi connectivity index (χ1n) is 5.47. The molecule has 0 saturated carbocycles. The summed E-state index contributed by atoms with van der Waals surface area (Å²) in [5.74, 6) is -0.788. The van der Waals surface area contributed by atoms with Gasteiger partial charge >= 0.3 is 0 Å². The smallest absolute Gasteiger partial charge is 0.250 e. The Morgan fingerprint density at radius 2 is 2.17 bits per heavy atom. The summed E-state index contributed by atoms with van der Waals surface area (Å²) in [5.41, 5.74) is 11.7. The lowest BCUT2D eigenvalue weighted by Gasteiger charge is -2.13. The minimum atomic E-state index is -0.663. The number of benzene rings is 1. The Balaban J connectivity index is 2.61. The van der Waals surface area contributed by atoms with E-state index in [2.05, 4.69) is 5.32 Å². The van der Waals surface area contributed by atoms with Gasteiger partial charge < -0.3 is 21.5 Å². The van der Waals surface area contributed by atoms with Crippen LogP contribution in [0, 0.1) is 0 Å². The van der Waals surface area contributed by atoms with Crippen molar-refractivity contribution < 1.29 is 14.3 Å². The van der Waals surface area contributed by atoms with E-state index in [9.17, 15) is 9.59 Å². The monoisotopic (exact) mass is 251 g/mol. The fraction of sp³-hybridized carbons (Fsp3) is 0.333. The average molecular weight is 251 g/mol. The van der Waals surface area contributed by atoms with E-state index in [1.54, 1.807) is 24.3 Å². The Bertz CT molecular complexity index is 430. The van der Waals surface area contributed by atoms with E-state index >= 15 is 0 Å². The number of ether oxygens (including phenoxy) is 1. The van der Waals surface area contributed by atoms with Crippen LogP contribution < -0.4 is 16.8 Å². The fourth-order valence-electron chi connectivity index (χ4n) is 1.45. The molecule has 0 aliphatic rings. The maximum atomic E-state index is 11.6. The lowest BCUT2D eigenvalue weighted by molar-refractivity contribution is -0.130. The number of carbonyl (C=O) groups excluding carboxylic acids is 2. The van der Waals surface area contributed by atoms with Gasteiger partial charge in [0.05, 0.1) is 0 Å². The molecule has 1 aromatic rings. The number of nitrogens with two attached hydrogens (primary N) is 2. The molecular weight excluding hydrogens is 234 g/mol. The second-order valence-corrected chi connectivity index (χ2v) is 3.74. The highest BCUT2D eigenvalue weighted by Gasteiger charge is 2.14. The molecule has 98 valence electrons. The molecule has 1 aromatic carbocycles. The van der Waals surface area contributed by atoms with Crippen molar-refractivity contribution in [3.63, 3.8) is 0 Å². The number of primary amides is 1. The van der Waals surface area contributed by atoms with Crippen molar-refractivity contribution in [3.8, 4) is 0 Å². The maximum Gasteiger partial charge on any atom is 0.250 e. The Kier molecular flexibility index (Phi) is 5.29. The Hall–Kier alpha value is -1.92. The van der Waals surface area contributed by atoms with Crippen LogP contribution in [0.25, 0.3) is 0 Å². The van der Waals surface area contributed by atoms with Crippen LogP contribution in [-0.4, -0.2) is 31.6 Å². The summed E-state index contributed by atoms with van der Waals surface area (Å²) in [7, 11) is 1.42. The van der Waals surface area contributed by atoms with Crippen LogP contribution in [0.3, 0.4) is 0 Å². The topological polar surface area (TPSA) is 107 Å². The predicted molar refractivity (Wildman–Crippen MR) is 66.7 cm³/mol. The standard InChI is InChI=1S/C12H17N3O3/c1-18-10(6-13)12(17)15-7-8-3-2-4-9(5-8)11(14)16/h2-5,10H,6-7,13H2,1H3,(H2,14,16)(H,15,17). The second kappa shape index (κ2) is 6.73. The molecule has 1 unspecified atom stereocenters. The van der Waals surface area contributed by atoms with Crippen molar-refractivity contribution >= 4 is 11.8 Å². The van der Waals surface area contributed by atoms with Gasteiger partial charge in [0.15, 0.2) is 0 Å². The van der Waals surface area contributed by atoms with E-state index in [0.29, 0.717) is 12.1 Å². The van der Waals surface area contributed by atoms with Crippen LogP contribution in [0.2, 0.25) is 0 Å². The minimum Gasteiger partial charge on any atom is -0.370 e. The van der Waals surface area contributed by atoms with E-state index in [1.807, 2.05) is 0 Å². The Morgan fingerprint density at radius 1 is 1.44 bits per heavy atom. The van der Waals surface area contributed by atoms with E-state index in [0.717, 1.165) is 5.56 Å². The molecule has 6 nitrogen and oxygen atoms in total. The van der Waals surface area contributed by atoms with E-state index < -0.39 is 12.0 Å². The van der Waals surface area contributed by atoms with Crippen LogP contribution in [0.4, 0.5) is 0 Å². The second-order valence-electron chi connectivity index (χ2n) is 3.74. The number of carbonyl (C=O) groups is 2. The molecule has 0 spiro atoms. The van der Waals surface area contributed by atoms with E-state index in [4.69, 9.17) is 16.2 Å². The SMILES string of the molecule is COC(CN)C(=O)NCc1cccc(C(N)=O)c1. The molecule has 1 atom stereocenters. The van der Waals surface area contributed by atoms with Crippen molar-refractivity contribution in [2.24, 2.45) is 11.5 Å². The van der Waals surface area contributed by atoms with Crippen molar-refractivity contribution in [2.75, 3.05) is 13.7 Å². The summed E-state index contributed by atoms with van der Waals surface area (Å²) in [5, 5.41) is 2.67. The lowest BCUT2D eigenvalue weighted by atomic mass is 10.1. The zero-order valence-corrected chi connectivity index (χ0v) is 10.2. The summed E-state index contributed by atoms with van der Waals surface area (Å²) < 4.78 is 4.90. The van der Waals surface area contributed by atoms with Crippen molar-refractivity contribution in [3.05, 3.63) is 35.4 Å². The Morgan fingerprint density at radius 3 is 2.72 bits per heavy atom. The minimum absolute atomic E-state index is 0.115. The van der Waals surface area contributed by atoms with Crippen molar-refractivity contribution in [1.82, 2.24) is 5.32 Å². The number of hydrogen-bond donors (Lipinski definition) is 3. The highest BCUT2D eigenvalue weighted by Crippen LogP contribution is 2.04. The largest absolute Gasteiger partial charge is 0.370 e. The van der Waals surface area contributed by atoms with Crippen LogP contribution in [-0.2, 0) is 16.1 Å². The van der Waals surface area contributed by atoms with Crippen molar-refractivity contribution in [2.45, 2.75) is 12.6 Å². The molecule has 0 saturated heterocycles. The molecule has 18 heavy (non-hydrogen) atoms. The summed E-state index contributed by atoms with van der Waals surface area (Å²) >= 11 is 0. The molecule has 0 bridgehead atoms. The lowest BCUT2D eigenvalue weighted by Crippen LogP contribution is -2.40. The van der Waals surface area contributed by atoms with Gasteiger partial charge in [-0.15, -0.1) is 0 Å². The summed E-state index contributed by atoms with van der Waals surface area (Å²) in [4.78, 5) is 22.6.